The van der Waals surface area contributed by atoms with Crippen molar-refractivity contribution in [3.63, 3.8) is 0 Å². The molecule has 4 rings (SSSR count). The Morgan fingerprint density at radius 1 is 1.05 bits per heavy atom. The number of benzene rings is 1. The number of likely N-dealkylation sites (tertiary alicyclic amines) is 2. The molecular weight excluding hydrogens is 574 g/mol. The standard InChI is InChI=1S/C32H48F2N4O4S/c1-31(2,3)42-30(41)38-22-32(33,34)18-27(38)29(40)36-26(21-43-20-24-12-8-5-9-13-24)28(39)35-25-14-16-37(17-15-25)19-23-10-6-4-7-11-23/h4,6-7,10-11,24-27H,5,8-9,12-22H2,1-3H3,(H,35,39)(H,36,40)/t26-,27?/m0/s1. The van der Waals surface area contributed by atoms with Gasteiger partial charge in [0.2, 0.25) is 11.8 Å². The Labute approximate surface area is 259 Å². The lowest BCUT2D eigenvalue weighted by Crippen LogP contribution is -2.56. The van der Waals surface area contributed by atoms with E-state index in [1.807, 2.05) is 18.2 Å². The van der Waals surface area contributed by atoms with Crippen LogP contribution < -0.4 is 10.6 Å². The van der Waals surface area contributed by atoms with Crippen LogP contribution in [0.15, 0.2) is 30.3 Å². The molecule has 0 bridgehead atoms. The van der Waals surface area contributed by atoms with E-state index in [0.717, 1.165) is 43.1 Å². The Morgan fingerprint density at radius 2 is 1.72 bits per heavy atom. The molecule has 1 aromatic carbocycles. The summed E-state index contributed by atoms with van der Waals surface area (Å²) >= 11 is 1.62. The second-order valence-electron chi connectivity index (χ2n) is 13.3. The second kappa shape index (κ2) is 15.1. The van der Waals surface area contributed by atoms with Crippen LogP contribution in [0, 0.1) is 5.92 Å². The maximum absolute atomic E-state index is 14.5. The zero-order valence-electron chi connectivity index (χ0n) is 25.8. The number of halogens is 2. The lowest BCUT2D eigenvalue weighted by Gasteiger charge is -2.33. The molecule has 11 heteroatoms. The summed E-state index contributed by atoms with van der Waals surface area (Å²) in [6.45, 7) is 6.58. The summed E-state index contributed by atoms with van der Waals surface area (Å²) in [7, 11) is 0. The molecule has 2 heterocycles. The van der Waals surface area contributed by atoms with E-state index < -0.39 is 48.6 Å². The fourth-order valence-electron chi connectivity index (χ4n) is 6.10. The molecule has 3 amide bonds. The molecule has 2 aliphatic heterocycles. The predicted molar refractivity (Wildman–Crippen MR) is 165 cm³/mol. The SMILES string of the molecule is CC(C)(C)OC(=O)N1CC(F)(F)CC1C(=O)N[C@@H](CSCC1CCCCC1)C(=O)NC1CCN(Cc2ccccc2)CC1. The van der Waals surface area contributed by atoms with E-state index in [1.165, 1.54) is 37.7 Å². The first-order valence-corrected chi connectivity index (χ1v) is 16.9. The summed E-state index contributed by atoms with van der Waals surface area (Å²) in [5, 5.41) is 5.87. The molecule has 0 radical (unpaired) electrons. The van der Waals surface area contributed by atoms with Crippen LogP contribution >= 0.6 is 11.8 Å². The molecule has 3 fully saturated rings. The van der Waals surface area contributed by atoms with Crippen molar-refractivity contribution in [3.05, 3.63) is 35.9 Å². The Balaban J connectivity index is 1.37. The third-order valence-electron chi connectivity index (χ3n) is 8.38. The summed E-state index contributed by atoms with van der Waals surface area (Å²) < 4.78 is 34.2. The van der Waals surface area contributed by atoms with Crippen LogP contribution in [0.4, 0.5) is 13.6 Å². The number of thioether (sulfide) groups is 1. The highest BCUT2D eigenvalue weighted by atomic mass is 32.2. The van der Waals surface area contributed by atoms with Crippen molar-refractivity contribution >= 4 is 29.7 Å². The summed E-state index contributed by atoms with van der Waals surface area (Å²) in [5.74, 6) is -2.46. The average Bonchev–Trinajstić information content (AvgIpc) is 3.29. The van der Waals surface area contributed by atoms with Gasteiger partial charge in [-0.25, -0.2) is 13.6 Å². The third kappa shape index (κ3) is 10.6. The molecule has 0 spiro atoms. The van der Waals surface area contributed by atoms with Gasteiger partial charge in [0.05, 0.1) is 6.54 Å². The summed E-state index contributed by atoms with van der Waals surface area (Å²) in [5.41, 5.74) is 0.353. The van der Waals surface area contributed by atoms with Gasteiger partial charge in [-0.1, -0.05) is 49.6 Å². The van der Waals surface area contributed by atoms with Crippen molar-refractivity contribution < 1.29 is 27.9 Å². The van der Waals surface area contributed by atoms with Crippen LogP contribution in [0.3, 0.4) is 0 Å². The highest BCUT2D eigenvalue weighted by molar-refractivity contribution is 7.99. The van der Waals surface area contributed by atoms with Gasteiger partial charge in [-0.15, -0.1) is 0 Å². The number of carbonyl (C=O) groups excluding carboxylic acids is 3. The smallest absolute Gasteiger partial charge is 0.411 e. The molecule has 43 heavy (non-hydrogen) atoms. The molecular formula is C32H48F2N4O4S. The molecule has 2 N–H and O–H groups in total. The van der Waals surface area contributed by atoms with Gasteiger partial charge in [0.25, 0.3) is 5.92 Å². The largest absolute Gasteiger partial charge is 0.444 e. The van der Waals surface area contributed by atoms with Gasteiger partial charge in [-0.2, -0.15) is 11.8 Å². The van der Waals surface area contributed by atoms with Gasteiger partial charge in [-0.3, -0.25) is 19.4 Å². The van der Waals surface area contributed by atoms with Crippen LogP contribution in [0.5, 0.6) is 0 Å². The molecule has 1 aromatic rings. The number of nitrogens with one attached hydrogen (secondary N) is 2. The quantitative estimate of drug-likeness (QED) is 0.373. The van der Waals surface area contributed by atoms with Crippen LogP contribution in [0.25, 0.3) is 0 Å². The Kier molecular flexibility index (Phi) is 11.7. The Bertz CT molecular complexity index is 1070. The van der Waals surface area contributed by atoms with E-state index in [2.05, 4.69) is 27.7 Å². The van der Waals surface area contributed by atoms with Crippen LogP contribution in [-0.2, 0) is 20.9 Å². The monoisotopic (exact) mass is 622 g/mol. The lowest BCUT2D eigenvalue weighted by atomic mass is 9.91. The van der Waals surface area contributed by atoms with E-state index in [-0.39, 0.29) is 11.9 Å². The lowest BCUT2D eigenvalue weighted by molar-refractivity contribution is -0.131. The molecule has 3 aliphatic rings. The maximum atomic E-state index is 14.5. The van der Waals surface area contributed by atoms with Gasteiger partial charge < -0.3 is 15.4 Å². The van der Waals surface area contributed by atoms with E-state index in [4.69, 9.17) is 4.74 Å². The molecule has 1 aliphatic carbocycles. The average molecular weight is 623 g/mol. The topological polar surface area (TPSA) is 91.0 Å². The number of rotatable bonds is 10. The maximum Gasteiger partial charge on any atom is 0.411 e. The van der Waals surface area contributed by atoms with Gasteiger partial charge in [0, 0.05) is 37.8 Å². The summed E-state index contributed by atoms with van der Waals surface area (Å²) in [6, 6.07) is 7.94. The van der Waals surface area contributed by atoms with E-state index in [1.54, 1.807) is 32.5 Å². The van der Waals surface area contributed by atoms with Crippen LogP contribution in [0.1, 0.15) is 77.7 Å². The molecule has 1 unspecified atom stereocenters. The van der Waals surface area contributed by atoms with Crippen molar-refractivity contribution in [2.45, 2.75) is 108 Å². The number of hydrogen-bond acceptors (Lipinski definition) is 6. The first kappa shape index (κ1) is 33.5. The highest BCUT2D eigenvalue weighted by Gasteiger charge is 2.51. The van der Waals surface area contributed by atoms with Gasteiger partial charge >= 0.3 is 6.09 Å². The molecule has 2 atom stereocenters. The number of hydrogen-bond donors (Lipinski definition) is 2. The van der Waals surface area contributed by atoms with E-state index in [9.17, 15) is 23.2 Å². The van der Waals surface area contributed by atoms with Crippen molar-refractivity contribution in [3.8, 4) is 0 Å². The molecule has 2 saturated heterocycles. The van der Waals surface area contributed by atoms with Crippen LogP contribution in [0.2, 0.25) is 0 Å². The van der Waals surface area contributed by atoms with Crippen molar-refractivity contribution in [1.82, 2.24) is 20.4 Å². The van der Waals surface area contributed by atoms with Gasteiger partial charge in [0.1, 0.15) is 17.7 Å². The van der Waals surface area contributed by atoms with Crippen molar-refractivity contribution in [2.24, 2.45) is 5.92 Å². The fraction of sp³-hybridized carbons (Fsp3) is 0.719. The number of carbonyl (C=O) groups is 3. The highest BCUT2D eigenvalue weighted by Crippen LogP contribution is 2.33. The zero-order chi connectivity index (χ0) is 31.0. The minimum Gasteiger partial charge on any atom is -0.444 e. The molecule has 8 nitrogen and oxygen atoms in total. The van der Waals surface area contributed by atoms with E-state index in [0.29, 0.717) is 11.7 Å². The Hall–Kier alpha value is -2.40. The third-order valence-corrected chi connectivity index (χ3v) is 9.66. The van der Waals surface area contributed by atoms with Crippen molar-refractivity contribution in [1.29, 1.82) is 0 Å². The Morgan fingerprint density at radius 3 is 2.37 bits per heavy atom. The number of alkyl halides is 2. The molecule has 240 valence electrons. The number of ether oxygens (including phenoxy) is 1. The predicted octanol–water partition coefficient (Wildman–Crippen LogP) is 5.21. The minimum absolute atomic E-state index is 0.0312. The summed E-state index contributed by atoms with van der Waals surface area (Å²) in [4.78, 5) is 42.9. The zero-order valence-corrected chi connectivity index (χ0v) is 26.6. The number of amides is 3. The normalized spacial score (nSPS) is 22.6. The van der Waals surface area contributed by atoms with E-state index >= 15 is 0 Å². The minimum atomic E-state index is -3.22. The first-order valence-electron chi connectivity index (χ1n) is 15.7. The molecule has 0 aromatic heterocycles. The van der Waals surface area contributed by atoms with Gasteiger partial charge in [0.15, 0.2) is 0 Å². The van der Waals surface area contributed by atoms with Gasteiger partial charge in [-0.05, 0) is 63.7 Å². The molecule has 1 saturated carbocycles. The van der Waals surface area contributed by atoms with Crippen LogP contribution in [-0.4, -0.2) is 88.5 Å². The van der Waals surface area contributed by atoms with Crippen molar-refractivity contribution in [2.75, 3.05) is 31.1 Å². The number of piperidine rings is 1. The first-order chi connectivity index (χ1) is 20.4. The summed E-state index contributed by atoms with van der Waals surface area (Å²) in [6.07, 6.45) is 5.83. The fourth-order valence-corrected chi connectivity index (χ4v) is 7.37. The number of nitrogens with zero attached hydrogens (tertiary/aromatic N) is 2. The second-order valence-corrected chi connectivity index (χ2v) is 14.4.